The van der Waals surface area contributed by atoms with Crippen molar-refractivity contribution in [3.05, 3.63) is 101 Å². The summed E-state index contributed by atoms with van der Waals surface area (Å²) in [5.41, 5.74) is 3.89. The highest BCUT2D eigenvalue weighted by molar-refractivity contribution is 6.33. The summed E-state index contributed by atoms with van der Waals surface area (Å²) in [6, 6.07) is 26.5. The number of aromatic nitrogens is 2. The molecule has 0 saturated carbocycles. The number of halogens is 1. The van der Waals surface area contributed by atoms with Crippen molar-refractivity contribution >= 4 is 23.3 Å². The number of rotatable bonds is 4. The maximum atomic E-state index is 12.9. The lowest BCUT2D eigenvalue weighted by molar-refractivity contribution is 0.102. The average Bonchev–Trinajstić information content (AvgIpc) is 3.12. The Balaban J connectivity index is 1.78. The van der Waals surface area contributed by atoms with E-state index in [0.717, 1.165) is 16.8 Å². The highest BCUT2D eigenvalue weighted by Crippen LogP contribution is 2.30. The molecule has 0 saturated heterocycles. The van der Waals surface area contributed by atoms with Gasteiger partial charge in [0.15, 0.2) is 0 Å². The van der Waals surface area contributed by atoms with Crippen LogP contribution in [0.3, 0.4) is 0 Å². The molecule has 0 spiro atoms. The third kappa shape index (κ3) is 3.55. The Bertz CT molecular complexity index is 1140. The number of carbonyl (C=O) groups excluding carboxylic acids is 1. The van der Waals surface area contributed by atoms with Gasteiger partial charge in [-0.2, -0.15) is 5.10 Å². The number of para-hydroxylation sites is 1. The van der Waals surface area contributed by atoms with Crippen LogP contribution in [-0.2, 0) is 0 Å². The summed E-state index contributed by atoms with van der Waals surface area (Å²) in [5.74, 6) is 0.398. The molecule has 0 aliphatic carbocycles. The summed E-state index contributed by atoms with van der Waals surface area (Å²) in [7, 11) is 0. The van der Waals surface area contributed by atoms with E-state index in [1.807, 2.05) is 91.9 Å². The smallest absolute Gasteiger partial charge is 0.257 e. The zero-order chi connectivity index (χ0) is 19.5. The largest absolute Gasteiger partial charge is 0.306 e. The van der Waals surface area contributed by atoms with Crippen molar-refractivity contribution in [2.24, 2.45) is 0 Å². The van der Waals surface area contributed by atoms with Crippen LogP contribution in [0.1, 0.15) is 15.9 Å². The van der Waals surface area contributed by atoms with Crippen molar-refractivity contribution in [2.45, 2.75) is 6.92 Å². The van der Waals surface area contributed by atoms with Crippen LogP contribution < -0.4 is 5.32 Å². The molecule has 4 nitrogen and oxygen atoms in total. The standard InChI is InChI=1S/C23H18ClN3O/c1-16-9-5-6-12-18(16)23(28)25-22-15-21(19-13-7-8-14-20(19)24)26-27(22)17-10-3-2-4-11-17/h2-15H,1H3,(H,25,28). The van der Waals surface area contributed by atoms with Crippen molar-refractivity contribution in [1.29, 1.82) is 0 Å². The van der Waals surface area contributed by atoms with Gasteiger partial charge in [-0.25, -0.2) is 4.68 Å². The molecule has 138 valence electrons. The molecule has 0 fully saturated rings. The average molecular weight is 388 g/mol. The zero-order valence-electron chi connectivity index (χ0n) is 15.3. The van der Waals surface area contributed by atoms with Crippen LogP contribution in [0.2, 0.25) is 5.02 Å². The lowest BCUT2D eigenvalue weighted by atomic mass is 10.1. The lowest BCUT2D eigenvalue weighted by Crippen LogP contribution is -2.16. The van der Waals surface area contributed by atoms with E-state index in [2.05, 4.69) is 5.32 Å². The summed E-state index contributed by atoms with van der Waals surface area (Å²) < 4.78 is 1.72. The van der Waals surface area contributed by atoms with E-state index in [4.69, 9.17) is 16.7 Å². The molecule has 0 aliphatic rings. The second-order valence-corrected chi connectivity index (χ2v) is 6.82. The Morgan fingerprint density at radius 1 is 0.929 bits per heavy atom. The number of hydrogen-bond donors (Lipinski definition) is 1. The van der Waals surface area contributed by atoms with Crippen molar-refractivity contribution in [2.75, 3.05) is 5.32 Å². The van der Waals surface area contributed by atoms with Gasteiger partial charge in [0.1, 0.15) is 5.82 Å². The van der Waals surface area contributed by atoms with Crippen molar-refractivity contribution in [1.82, 2.24) is 9.78 Å². The number of aryl methyl sites for hydroxylation is 1. The van der Waals surface area contributed by atoms with Crippen LogP contribution in [0.25, 0.3) is 16.9 Å². The number of hydrogen-bond acceptors (Lipinski definition) is 2. The molecular weight excluding hydrogens is 370 g/mol. The molecular formula is C23H18ClN3O. The van der Waals surface area contributed by atoms with Gasteiger partial charge in [-0.05, 0) is 36.8 Å². The van der Waals surface area contributed by atoms with E-state index in [9.17, 15) is 4.79 Å². The van der Waals surface area contributed by atoms with Gasteiger partial charge in [0.25, 0.3) is 5.91 Å². The first kappa shape index (κ1) is 18.0. The number of amides is 1. The predicted molar refractivity (Wildman–Crippen MR) is 113 cm³/mol. The molecule has 0 unspecified atom stereocenters. The maximum Gasteiger partial charge on any atom is 0.257 e. The van der Waals surface area contributed by atoms with Gasteiger partial charge in [-0.15, -0.1) is 0 Å². The molecule has 1 amide bonds. The summed E-state index contributed by atoms with van der Waals surface area (Å²) in [6.45, 7) is 1.92. The third-order valence-corrected chi connectivity index (χ3v) is 4.82. The molecule has 1 heterocycles. The van der Waals surface area contributed by atoms with Crippen LogP contribution in [0, 0.1) is 6.92 Å². The van der Waals surface area contributed by atoms with E-state index in [0.29, 0.717) is 22.1 Å². The predicted octanol–water partition coefficient (Wildman–Crippen LogP) is 5.75. The molecule has 0 aliphatic heterocycles. The van der Waals surface area contributed by atoms with Crippen LogP contribution in [-0.4, -0.2) is 15.7 Å². The van der Waals surface area contributed by atoms with Gasteiger partial charge in [0.05, 0.1) is 16.4 Å². The first-order valence-corrected chi connectivity index (χ1v) is 9.28. The highest BCUT2D eigenvalue weighted by Gasteiger charge is 2.16. The number of nitrogens with zero attached hydrogens (tertiary/aromatic N) is 2. The fourth-order valence-electron chi connectivity index (χ4n) is 3.05. The first-order chi connectivity index (χ1) is 13.6. The molecule has 0 radical (unpaired) electrons. The number of benzene rings is 3. The Labute approximate surface area is 168 Å². The van der Waals surface area contributed by atoms with Crippen LogP contribution >= 0.6 is 11.6 Å². The minimum Gasteiger partial charge on any atom is -0.306 e. The monoisotopic (exact) mass is 387 g/mol. The van der Waals surface area contributed by atoms with Crippen molar-refractivity contribution in [3.63, 3.8) is 0 Å². The Morgan fingerprint density at radius 3 is 2.36 bits per heavy atom. The second kappa shape index (κ2) is 7.71. The normalized spacial score (nSPS) is 10.6. The van der Waals surface area contributed by atoms with Gasteiger partial charge in [-0.1, -0.05) is 66.2 Å². The van der Waals surface area contributed by atoms with Gasteiger partial charge >= 0.3 is 0 Å². The summed E-state index contributed by atoms with van der Waals surface area (Å²) in [6.07, 6.45) is 0. The van der Waals surface area contributed by atoms with Crippen LogP contribution in [0.15, 0.2) is 84.9 Å². The molecule has 0 atom stereocenters. The number of carbonyl (C=O) groups is 1. The fourth-order valence-corrected chi connectivity index (χ4v) is 3.28. The van der Waals surface area contributed by atoms with E-state index in [-0.39, 0.29) is 5.91 Å². The number of nitrogens with one attached hydrogen (secondary N) is 1. The number of anilines is 1. The topological polar surface area (TPSA) is 46.9 Å². The van der Waals surface area contributed by atoms with Gasteiger partial charge in [-0.3, -0.25) is 4.79 Å². The second-order valence-electron chi connectivity index (χ2n) is 6.41. The summed E-state index contributed by atoms with van der Waals surface area (Å²) in [5, 5.41) is 8.30. The summed E-state index contributed by atoms with van der Waals surface area (Å²) in [4.78, 5) is 12.9. The van der Waals surface area contributed by atoms with Crippen molar-refractivity contribution < 1.29 is 4.79 Å². The Kier molecular flexibility index (Phi) is 4.96. The van der Waals surface area contributed by atoms with Gasteiger partial charge < -0.3 is 5.32 Å². The molecule has 1 N–H and O–H groups in total. The minimum atomic E-state index is -0.180. The Hall–Kier alpha value is -3.37. The van der Waals surface area contributed by atoms with Gasteiger partial charge in [0, 0.05) is 17.2 Å². The summed E-state index contributed by atoms with van der Waals surface area (Å²) >= 11 is 6.35. The van der Waals surface area contributed by atoms with Crippen molar-refractivity contribution in [3.8, 4) is 16.9 Å². The SMILES string of the molecule is Cc1ccccc1C(=O)Nc1cc(-c2ccccc2Cl)nn1-c1ccccc1. The molecule has 28 heavy (non-hydrogen) atoms. The van der Waals surface area contributed by atoms with E-state index < -0.39 is 0 Å². The van der Waals surface area contributed by atoms with E-state index >= 15 is 0 Å². The molecule has 5 heteroatoms. The molecule has 0 bridgehead atoms. The first-order valence-electron chi connectivity index (χ1n) is 8.91. The van der Waals surface area contributed by atoms with Crippen LogP contribution in [0.5, 0.6) is 0 Å². The quantitative estimate of drug-likeness (QED) is 0.484. The molecule has 4 aromatic rings. The molecule has 1 aromatic heterocycles. The maximum absolute atomic E-state index is 12.9. The highest BCUT2D eigenvalue weighted by atomic mass is 35.5. The van der Waals surface area contributed by atoms with E-state index in [1.54, 1.807) is 4.68 Å². The molecule has 3 aromatic carbocycles. The third-order valence-electron chi connectivity index (χ3n) is 4.49. The fraction of sp³-hybridized carbons (Fsp3) is 0.0435. The molecule has 4 rings (SSSR count). The minimum absolute atomic E-state index is 0.180. The van der Waals surface area contributed by atoms with E-state index in [1.165, 1.54) is 0 Å². The lowest BCUT2D eigenvalue weighted by Gasteiger charge is -2.10. The Morgan fingerprint density at radius 2 is 1.61 bits per heavy atom. The zero-order valence-corrected chi connectivity index (χ0v) is 16.0. The van der Waals surface area contributed by atoms with Crippen LogP contribution in [0.4, 0.5) is 5.82 Å². The van der Waals surface area contributed by atoms with Gasteiger partial charge in [0.2, 0.25) is 0 Å².